The molecule has 0 bridgehead atoms. The zero-order valence-corrected chi connectivity index (χ0v) is 9.27. The number of hydrogen-bond acceptors (Lipinski definition) is 3. The molecule has 0 saturated heterocycles. The average molecular weight is 251 g/mol. The number of benzene rings is 1. The summed E-state index contributed by atoms with van der Waals surface area (Å²) in [5, 5.41) is 9.07. The van der Waals surface area contributed by atoms with E-state index in [1.807, 2.05) is 0 Å². The van der Waals surface area contributed by atoms with Crippen molar-refractivity contribution in [1.82, 2.24) is 0 Å². The highest BCUT2D eigenvalue weighted by atomic mass is 35.5. The number of rotatable bonds is 3. The quantitative estimate of drug-likeness (QED) is 0.850. The fourth-order valence-electron chi connectivity index (χ4n) is 1.41. The van der Waals surface area contributed by atoms with Gasteiger partial charge in [0.2, 0.25) is 0 Å². The summed E-state index contributed by atoms with van der Waals surface area (Å²) in [6, 6.07) is 7.61. The van der Waals surface area contributed by atoms with Crippen molar-refractivity contribution in [2.45, 2.75) is 0 Å². The number of carbonyl (C=O) groups excluding carboxylic acids is 1. The predicted molar refractivity (Wildman–Crippen MR) is 61.5 cm³/mol. The van der Waals surface area contributed by atoms with E-state index in [2.05, 4.69) is 0 Å². The van der Waals surface area contributed by atoms with Gasteiger partial charge in [0, 0.05) is 5.56 Å². The highest BCUT2D eigenvalue weighted by molar-refractivity contribution is 6.33. The zero-order chi connectivity index (χ0) is 12.4. The second-order valence-corrected chi connectivity index (χ2v) is 3.73. The smallest absolute Gasteiger partial charge is 0.337 e. The van der Waals surface area contributed by atoms with Crippen LogP contribution in [0.25, 0.3) is 11.3 Å². The Morgan fingerprint density at radius 3 is 2.65 bits per heavy atom. The topological polar surface area (TPSA) is 67.5 Å². The molecule has 0 aliphatic heterocycles. The van der Waals surface area contributed by atoms with E-state index in [9.17, 15) is 9.59 Å². The van der Waals surface area contributed by atoms with Crippen LogP contribution in [0.15, 0.2) is 34.7 Å². The number of furan rings is 1. The van der Waals surface area contributed by atoms with Crippen LogP contribution >= 0.6 is 11.6 Å². The highest BCUT2D eigenvalue weighted by Gasteiger charge is 2.12. The molecule has 2 rings (SSSR count). The first-order chi connectivity index (χ1) is 8.11. The van der Waals surface area contributed by atoms with Crippen LogP contribution in [0, 0.1) is 0 Å². The van der Waals surface area contributed by atoms with Gasteiger partial charge in [-0.2, -0.15) is 0 Å². The molecule has 1 aromatic heterocycles. The number of aromatic carboxylic acids is 1. The minimum absolute atomic E-state index is 0.00628. The van der Waals surface area contributed by atoms with E-state index >= 15 is 0 Å². The van der Waals surface area contributed by atoms with E-state index < -0.39 is 5.97 Å². The Kier molecular flexibility index (Phi) is 2.97. The van der Waals surface area contributed by atoms with Crippen molar-refractivity contribution >= 4 is 23.9 Å². The lowest BCUT2D eigenvalue weighted by atomic mass is 10.1. The summed E-state index contributed by atoms with van der Waals surface area (Å²) in [4.78, 5) is 21.4. The van der Waals surface area contributed by atoms with Crippen LogP contribution in [0.1, 0.15) is 20.9 Å². The molecule has 4 nitrogen and oxygen atoms in total. The Balaban J connectivity index is 2.49. The van der Waals surface area contributed by atoms with Crippen LogP contribution in [-0.4, -0.2) is 17.4 Å². The molecule has 0 amide bonds. The number of carboxylic acid groups (broad SMARTS) is 1. The largest absolute Gasteiger partial charge is 0.478 e. The molecule has 2 aromatic rings. The Bertz CT molecular complexity index is 586. The fraction of sp³-hybridized carbons (Fsp3) is 0. The molecular weight excluding hydrogens is 244 g/mol. The number of aldehydes is 1. The van der Waals surface area contributed by atoms with Gasteiger partial charge in [0.25, 0.3) is 0 Å². The molecule has 0 unspecified atom stereocenters. The summed E-state index contributed by atoms with van der Waals surface area (Å²) >= 11 is 5.74. The average Bonchev–Trinajstić information content (AvgIpc) is 2.78. The molecule has 0 radical (unpaired) electrons. The van der Waals surface area contributed by atoms with Crippen molar-refractivity contribution in [2.75, 3.05) is 0 Å². The fourth-order valence-corrected chi connectivity index (χ4v) is 1.61. The van der Waals surface area contributed by atoms with Gasteiger partial charge in [-0.3, -0.25) is 4.79 Å². The third-order valence-corrected chi connectivity index (χ3v) is 2.55. The minimum Gasteiger partial charge on any atom is -0.478 e. The van der Waals surface area contributed by atoms with E-state index in [1.54, 1.807) is 12.1 Å². The number of hydrogen-bond donors (Lipinski definition) is 1. The molecule has 17 heavy (non-hydrogen) atoms. The number of halogens is 1. The third-order valence-electron chi connectivity index (χ3n) is 2.22. The Labute approximate surface area is 101 Å². The maximum atomic E-state index is 10.9. The van der Waals surface area contributed by atoms with Gasteiger partial charge in [0.15, 0.2) is 12.0 Å². The van der Waals surface area contributed by atoms with Crippen molar-refractivity contribution in [3.05, 3.63) is 46.7 Å². The van der Waals surface area contributed by atoms with Crippen LogP contribution < -0.4 is 0 Å². The minimum atomic E-state index is -1.11. The lowest BCUT2D eigenvalue weighted by molar-refractivity contribution is 0.0697. The summed E-state index contributed by atoms with van der Waals surface area (Å²) < 4.78 is 5.19. The standard InChI is InChI=1S/C12H7ClO4/c13-10-3-1-7(5-9(10)12(15)16)11-4-2-8(6-14)17-11/h1-6H,(H,15,16). The van der Waals surface area contributed by atoms with E-state index in [0.717, 1.165) is 0 Å². The molecule has 1 N–H and O–H groups in total. The first kappa shape index (κ1) is 11.4. The van der Waals surface area contributed by atoms with Crippen LogP contribution in [0.4, 0.5) is 0 Å². The summed E-state index contributed by atoms with van der Waals surface area (Å²) in [6.45, 7) is 0. The van der Waals surface area contributed by atoms with Crippen molar-refractivity contribution in [3.63, 3.8) is 0 Å². The normalized spacial score (nSPS) is 10.2. The Hall–Kier alpha value is -2.07. The van der Waals surface area contributed by atoms with E-state index in [4.69, 9.17) is 21.1 Å². The third kappa shape index (κ3) is 2.21. The molecule has 5 heteroatoms. The SMILES string of the molecule is O=Cc1ccc(-c2ccc(Cl)c(C(=O)O)c2)o1. The maximum absolute atomic E-state index is 10.9. The lowest BCUT2D eigenvalue weighted by Gasteiger charge is -2.01. The second-order valence-electron chi connectivity index (χ2n) is 3.32. The molecule has 0 spiro atoms. The second kappa shape index (κ2) is 4.43. The van der Waals surface area contributed by atoms with Crippen molar-refractivity contribution < 1.29 is 19.1 Å². The van der Waals surface area contributed by atoms with Gasteiger partial charge < -0.3 is 9.52 Å². The number of carbonyl (C=O) groups is 2. The summed E-state index contributed by atoms with van der Waals surface area (Å²) in [7, 11) is 0. The van der Waals surface area contributed by atoms with Crippen molar-refractivity contribution in [3.8, 4) is 11.3 Å². The molecule has 86 valence electrons. The van der Waals surface area contributed by atoms with Crippen LogP contribution in [0.3, 0.4) is 0 Å². The van der Waals surface area contributed by atoms with E-state index in [1.165, 1.54) is 18.2 Å². The molecule has 1 aromatic carbocycles. The molecule has 1 heterocycles. The molecule has 0 atom stereocenters. The monoisotopic (exact) mass is 250 g/mol. The zero-order valence-electron chi connectivity index (χ0n) is 8.51. The van der Waals surface area contributed by atoms with Gasteiger partial charge in [0.1, 0.15) is 5.76 Å². The molecule has 0 aliphatic rings. The van der Waals surface area contributed by atoms with Gasteiger partial charge in [-0.05, 0) is 30.3 Å². The van der Waals surface area contributed by atoms with E-state index in [0.29, 0.717) is 17.6 Å². The van der Waals surface area contributed by atoms with Gasteiger partial charge in [-0.25, -0.2) is 4.79 Å². The van der Waals surface area contributed by atoms with Gasteiger partial charge in [-0.1, -0.05) is 11.6 Å². The molecule has 0 fully saturated rings. The summed E-state index contributed by atoms with van der Waals surface area (Å²) in [6.07, 6.45) is 0.581. The maximum Gasteiger partial charge on any atom is 0.337 e. The van der Waals surface area contributed by atoms with Gasteiger partial charge in [-0.15, -0.1) is 0 Å². The van der Waals surface area contributed by atoms with E-state index in [-0.39, 0.29) is 16.3 Å². The van der Waals surface area contributed by atoms with Crippen LogP contribution in [-0.2, 0) is 0 Å². The Morgan fingerprint density at radius 2 is 2.06 bits per heavy atom. The summed E-state index contributed by atoms with van der Waals surface area (Å²) in [5.74, 6) is -0.503. The Morgan fingerprint density at radius 1 is 1.29 bits per heavy atom. The lowest BCUT2D eigenvalue weighted by Crippen LogP contribution is -1.97. The van der Waals surface area contributed by atoms with Crippen LogP contribution in [0.2, 0.25) is 5.02 Å². The molecule has 0 aliphatic carbocycles. The first-order valence-corrected chi connectivity index (χ1v) is 5.08. The number of carboxylic acids is 1. The predicted octanol–water partition coefficient (Wildman–Crippen LogP) is 3.11. The summed E-state index contributed by atoms with van der Waals surface area (Å²) in [5.41, 5.74) is 0.549. The van der Waals surface area contributed by atoms with Crippen molar-refractivity contribution in [2.24, 2.45) is 0 Å². The molecular formula is C12H7ClO4. The highest BCUT2D eigenvalue weighted by Crippen LogP contribution is 2.26. The van der Waals surface area contributed by atoms with Crippen LogP contribution in [0.5, 0.6) is 0 Å². The van der Waals surface area contributed by atoms with Gasteiger partial charge >= 0.3 is 5.97 Å². The first-order valence-electron chi connectivity index (χ1n) is 4.70. The van der Waals surface area contributed by atoms with Crippen molar-refractivity contribution in [1.29, 1.82) is 0 Å². The van der Waals surface area contributed by atoms with Gasteiger partial charge in [0.05, 0.1) is 10.6 Å². The molecule has 0 saturated carbocycles.